The minimum Gasteiger partial charge on any atom is -0.493 e. The quantitative estimate of drug-likeness (QED) is 0.500. The fourth-order valence-corrected chi connectivity index (χ4v) is 2.99. The van der Waals surface area contributed by atoms with Gasteiger partial charge in [-0.25, -0.2) is 0 Å². The zero-order valence-electron chi connectivity index (χ0n) is 14.5. The molecule has 2 aromatic carbocycles. The van der Waals surface area contributed by atoms with Crippen LogP contribution in [0.5, 0.6) is 11.5 Å². The molecule has 0 aliphatic carbocycles. The number of ether oxygens (including phenoxy) is 2. The maximum Gasteiger partial charge on any atom is 0.180 e. The molecule has 0 radical (unpaired) electrons. The molecule has 0 amide bonds. The minimum atomic E-state index is 0.341. The molecule has 7 heteroatoms. The van der Waals surface area contributed by atoms with E-state index in [1.54, 1.807) is 25.5 Å². The van der Waals surface area contributed by atoms with E-state index >= 15 is 0 Å². The lowest BCUT2D eigenvalue weighted by molar-refractivity contribution is 0.284. The van der Waals surface area contributed by atoms with Crippen LogP contribution in [0, 0.1) is 0 Å². The van der Waals surface area contributed by atoms with E-state index in [1.165, 1.54) is 0 Å². The Bertz CT molecular complexity index is 912. The SMILES string of the molecule is COc1cc(C(=S)NCc2ccco2)cc(Cl)c1OCc1ccc(Cl)cc1. The normalized spacial score (nSPS) is 10.5. The molecule has 0 fully saturated rings. The highest BCUT2D eigenvalue weighted by molar-refractivity contribution is 7.80. The molecule has 0 aliphatic rings. The number of rotatable bonds is 7. The number of methoxy groups -OCH3 is 1. The van der Waals surface area contributed by atoms with Gasteiger partial charge in [0, 0.05) is 10.6 Å². The molecule has 140 valence electrons. The van der Waals surface area contributed by atoms with E-state index in [9.17, 15) is 0 Å². The van der Waals surface area contributed by atoms with Crippen molar-refractivity contribution in [1.82, 2.24) is 5.32 Å². The first-order valence-corrected chi connectivity index (χ1v) is 9.28. The molecule has 0 saturated carbocycles. The van der Waals surface area contributed by atoms with Crippen LogP contribution in [-0.2, 0) is 13.2 Å². The molecule has 1 N–H and O–H groups in total. The molecule has 1 heterocycles. The molecule has 27 heavy (non-hydrogen) atoms. The van der Waals surface area contributed by atoms with Gasteiger partial charge in [-0.15, -0.1) is 0 Å². The Morgan fingerprint density at radius 1 is 1.15 bits per heavy atom. The van der Waals surface area contributed by atoms with Gasteiger partial charge in [-0.3, -0.25) is 0 Å². The Morgan fingerprint density at radius 3 is 2.59 bits per heavy atom. The first-order chi connectivity index (χ1) is 13.1. The van der Waals surface area contributed by atoms with E-state index < -0.39 is 0 Å². The minimum absolute atomic E-state index is 0.341. The zero-order valence-corrected chi connectivity index (χ0v) is 16.8. The largest absolute Gasteiger partial charge is 0.493 e. The van der Waals surface area contributed by atoms with Crippen LogP contribution in [0.2, 0.25) is 10.0 Å². The lowest BCUT2D eigenvalue weighted by atomic mass is 10.2. The Hall–Kier alpha value is -2.21. The molecule has 0 atom stereocenters. The van der Waals surface area contributed by atoms with Gasteiger partial charge in [0.1, 0.15) is 17.4 Å². The Kier molecular flexibility index (Phi) is 6.61. The number of benzene rings is 2. The standard InChI is InChI=1S/C20H17Cl2NO3S/c1-24-18-10-14(20(27)23-11-16-3-2-8-25-16)9-17(22)19(18)26-12-13-4-6-15(21)7-5-13/h2-10H,11-12H2,1H3,(H,23,27). The van der Waals surface area contributed by atoms with Gasteiger partial charge in [-0.05, 0) is 42.0 Å². The summed E-state index contributed by atoms with van der Waals surface area (Å²) in [6, 6.07) is 14.6. The van der Waals surface area contributed by atoms with E-state index in [-0.39, 0.29) is 0 Å². The highest BCUT2D eigenvalue weighted by atomic mass is 35.5. The number of hydrogen-bond donors (Lipinski definition) is 1. The molecule has 0 unspecified atom stereocenters. The van der Waals surface area contributed by atoms with Crippen molar-refractivity contribution in [3.8, 4) is 11.5 Å². The Morgan fingerprint density at radius 2 is 1.93 bits per heavy atom. The fraction of sp³-hybridized carbons (Fsp3) is 0.150. The maximum absolute atomic E-state index is 6.42. The summed E-state index contributed by atoms with van der Waals surface area (Å²) in [6.45, 7) is 0.828. The topological polar surface area (TPSA) is 43.6 Å². The molecule has 4 nitrogen and oxygen atoms in total. The van der Waals surface area contributed by atoms with Crippen LogP contribution >= 0.6 is 35.4 Å². The summed E-state index contributed by atoms with van der Waals surface area (Å²) in [5, 5.41) is 4.23. The fourth-order valence-electron chi connectivity index (χ4n) is 2.41. The molecule has 3 aromatic rings. The second-order valence-electron chi connectivity index (χ2n) is 5.67. The number of furan rings is 1. The monoisotopic (exact) mass is 421 g/mol. The van der Waals surface area contributed by atoms with E-state index in [0.29, 0.717) is 39.7 Å². The third-order valence-electron chi connectivity index (χ3n) is 3.79. The summed E-state index contributed by atoms with van der Waals surface area (Å²) in [5.74, 6) is 1.76. The van der Waals surface area contributed by atoms with Gasteiger partial charge in [-0.2, -0.15) is 0 Å². The second kappa shape index (κ2) is 9.13. The van der Waals surface area contributed by atoms with Gasteiger partial charge in [0.15, 0.2) is 11.5 Å². The number of thiocarbonyl (C=S) groups is 1. The summed E-state index contributed by atoms with van der Waals surface area (Å²) in [6.07, 6.45) is 1.62. The summed E-state index contributed by atoms with van der Waals surface area (Å²) in [5.41, 5.74) is 1.70. The van der Waals surface area contributed by atoms with Crippen molar-refractivity contribution in [2.24, 2.45) is 0 Å². The van der Waals surface area contributed by atoms with Crippen molar-refractivity contribution >= 4 is 40.4 Å². The first kappa shape index (κ1) is 19.5. The van der Waals surface area contributed by atoms with Crippen molar-refractivity contribution < 1.29 is 13.9 Å². The van der Waals surface area contributed by atoms with Crippen LogP contribution in [0.3, 0.4) is 0 Å². The van der Waals surface area contributed by atoms with Gasteiger partial charge >= 0.3 is 0 Å². The van der Waals surface area contributed by atoms with Crippen LogP contribution in [-0.4, -0.2) is 12.1 Å². The summed E-state index contributed by atoms with van der Waals surface area (Å²) in [7, 11) is 1.56. The third-order valence-corrected chi connectivity index (χ3v) is 4.70. The van der Waals surface area contributed by atoms with E-state index in [4.69, 9.17) is 49.3 Å². The molecule has 3 rings (SSSR count). The number of nitrogens with one attached hydrogen (secondary N) is 1. The summed E-state index contributed by atoms with van der Waals surface area (Å²) < 4.78 is 16.6. The summed E-state index contributed by atoms with van der Waals surface area (Å²) >= 11 is 17.8. The molecule has 1 aromatic heterocycles. The molecular weight excluding hydrogens is 405 g/mol. The molecular formula is C20H17Cl2NO3S. The predicted octanol–water partition coefficient (Wildman–Crippen LogP) is 5.64. The van der Waals surface area contributed by atoms with Crippen LogP contribution in [0.1, 0.15) is 16.9 Å². The zero-order chi connectivity index (χ0) is 19.2. The van der Waals surface area contributed by atoms with Crippen molar-refractivity contribution in [2.45, 2.75) is 13.2 Å². The van der Waals surface area contributed by atoms with Crippen molar-refractivity contribution in [1.29, 1.82) is 0 Å². The van der Waals surface area contributed by atoms with Crippen LogP contribution in [0.4, 0.5) is 0 Å². The molecule has 0 aliphatic heterocycles. The van der Waals surface area contributed by atoms with Gasteiger partial charge in [0.2, 0.25) is 0 Å². The second-order valence-corrected chi connectivity index (χ2v) is 6.92. The van der Waals surface area contributed by atoms with E-state index in [1.807, 2.05) is 36.4 Å². The Labute approximate surface area is 173 Å². The highest BCUT2D eigenvalue weighted by Crippen LogP contribution is 2.37. The van der Waals surface area contributed by atoms with Crippen molar-refractivity contribution in [2.75, 3.05) is 7.11 Å². The van der Waals surface area contributed by atoms with Gasteiger partial charge in [0.05, 0.1) is 24.9 Å². The lowest BCUT2D eigenvalue weighted by Gasteiger charge is -2.15. The third kappa shape index (κ3) is 5.16. The van der Waals surface area contributed by atoms with Crippen LogP contribution in [0.25, 0.3) is 0 Å². The van der Waals surface area contributed by atoms with Crippen molar-refractivity contribution in [3.05, 3.63) is 81.7 Å². The Balaban J connectivity index is 1.72. The van der Waals surface area contributed by atoms with Gasteiger partial charge in [0.25, 0.3) is 0 Å². The predicted molar refractivity (Wildman–Crippen MR) is 111 cm³/mol. The number of halogens is 2. The lowest BCUT2D eigenvalue weighted by Crippen LogP contribution is -2.21. The maximum atomic E-state index is 6.42. The molecule has 0 bridgehead atoms. The van der Waals surface area contributed by atoms with Crippen molar-refractivity contribution in [3.63, 3.8) is 0 Å². The number of hydrogen-bond acceptors (Lipinski definition) is 4. The van der Waals surface area contributed by atoms with Crippen LogP contribution in [0.15, 0.2) is 59.2 Å². The first-order valence-electron chi connectivity index (χ1n) is 8.12. The average molecular weight is 422 g/mol. The van der Waals surface area contributed by atoms with Gasteiger partial charge < -0.3 is 19.2 Å². The highest BCUT2D eigenvalue weighted by Gasteiger charge is 2.15. The van der Waals surface area contributed by atoms with Crippen LogP contribution < -0.4 is 14.8 Å². The van der Waals surface area contributed by atoms with E-state index in [2.05, 4.69) is 5.32 Å². The van der Waals surface area contributed by atoms with E-state index in [0.717, 1.165) is 16.9 Å². The van der Waals surface area contributed by atoms with Gasteiger partial charge in [-0.1, -0.05) is 47.6 Å². The molecule has 0 saturated heterocycles. The average Bonchev–Trinajstić information content (AvgIpc) is 3.19. The summed E-state index contributed by atoms with van der Waals surface area (Å²) in [4.78, 5) is 0.538. The smallest absolute Gasteiger partial charge is 0.180 e. The molecule has 0 spiro atoms.